The van der Waals surface area contributed by atoms with Gasteiger partial charge in [0.15, 0.2) is 6.54 Å². The van der Waals surface area contributed by atoms with Crippen LogP contribution >= 0.6 is 0 Å². The van der Waals surface area contributed by atoms with E-state index in [1.54, 1.807) is 19.1 Å². The molecule has 3 rings (SSSR count). The number of sulfonamides is 1. The number of benzene rings is 3. The number of aryl methyl sites for hydroxylation is 1. The molecule has 0 N–H and O–H groups in total. The third-order valence-corrected chi connectivity index (χ3v) is 6.11. The number of nitrogens with zero attached hydrogens (tertiary/aromatic N) is 2. The average Bonchev–Trinajstić information content (AvgIpc) is 2.78. The van der Waals surface area contributed by atoms with Gasteiger partial charge in [-0.05, 0) is 26.0 Å². The van der Waals surface area contributed by atoms with E-state index in [2.05, 4.69) is 5.10 Å². The largest absolute Gasteiger partial charge is 0.465 e. The van der Waals surface area contributed by atoms with Crippen molar-refractivity contribution in [1.29, 1.82) is 0 Å². The first-order valence-corrected chi connectivity index (χ1v) is 11.3. The minimum absolute atomic E-state index is 0.0478. The summed E-state index contributed by atoms with van der Waals surface area (Å²) in [6.45, 7) is 3.14. The quantitative estimate of drug-likeness (QED) is 0.304. The Morgan fingerprint density at radius 2 is 1.39 bits per heavy atom. The van der Waals surface area contributed by atoms with Gasteiger partial charge in [0.25, 0.3) is 10.0 Å². The molecule has 0 saturated heterocycles. The number of esters is 1. The number of carbonyl (C=O) groups is 1. The molecule has 0 spiro atoms. The molecular weight excluding hydrogens is 412 g/mol. The Bertz CT molecular complexity index is 1100. The standard InChI is InChI=1S/C24H24N2O4S/c1-3-30-23(27)18-26(31(28,29)22-16-14-19(2)15-17-22)25-24(20-10-6-4-7-11-20)21-12-8-5-9-13-21/h4-17H,3,18H2,1-2H3. The Labute approximate surface area is 182 Å². The Morgan fingerprint density at radius 1 is 0.871 bits per heavy atom. The highest BCUT2D eigenvalue weighted by atomic mass is 32.2. The van der Waals surface area contributed by atoms with Crippen molar-refractivity contribution in [2.24, 2.45) is 5.10 Å². The molecular formula is C24H24N2O4S. The summed E-state index contributed by atoms with van der Waals surface area (Å²) < 4.78 is 32.6. The second-order valence-electron chi connectivity index (χ2n) is 6.78. The van der Waals surface area contributed by atoms with Gasteiger partial charge in [-0.15, -0.1) is 0 Å². The van der Waals surface area contributed by atoms with Crippen molar-refractivity contribution in [3.63, 3.8) is 0 Å². The van der Waals surface area contributed by atoms with Gasteiger partial charge < -0.3 is 4.74 Å². The zero-order valence-corrected chi connectivity index (χ0v) is 18.2. The van der Waals surface area contributed by atoms with E-state index in [0.29, 0.717) is 5.71 Å². The smallest absolute Gasteiger partial charge is 0.328 e. The molecule has 0 aliphatic carbocycles. The summed E-state index contributed by atoms with van der Waals surface area (Å²) in [6, 6.07) is 24.9. The summed E-state index contributed by atoms with van der Waals surface area (Å²) in [5.41, 5.74) is 2.80. The minimum Gasteiger partial charge on any atom is -0.465 e. The maximum absolute atomic E-state index is 13.4. The Kier molecular flexibility index (Phi) is 7.20. The number of hydrazone groups is 1. The van der Waals surface area contributed by atoms with Crippen LogP contribution in [0, 0.1) is 6.92 Å². The third-order valence-electron chi connectivity index (χ3n) is 4.47. The van der Waals surface area contributed by atoms with Crippen molar-refractivity contribution in [2.45, 2.75) is 18.7 Å². The van der Waals surface area contributed by atoms with Gasteiger partial charge in [-0.25, -0.2) is 0 Å². The summed E-state index contributed by atoms with van der Waals surface area (Å²) in [4.78, 5) is 12.3. The van der Waals surface area contributed by atoms with Gasteiger partial charge in [0, 0.05) is 11.1 Å². The normalized spacial score (nSPS) is 10.9. The lowest BCUT2D eigenvalue weighted by molar-refractivity contribution is -0.143. The molecule has 0 amide bonds. The average molecular weight is 437 g/mol. The summed E-state index contributed by atoms with van der Waals surface area (Å²) in [5.74, 6) is -0.678. The van der Waals surface area contributed by atoms with Crippen molar-refractivity contribution in [3.05, 3.63) is 102 Å². The maximum atomic E-state index is 13.4. The Hall–Kier alpha value is -3.45. The number of rotatable bonds is 8. The topological polar surface area (TPSA) is 76.0 Å². The predicted octanol–water partition coefficient (Wildman–Crippen LogP) is 4.00. The van der Waals surface area contributed by atoms with Gasteiger partial charge in [0.05, 0.1) is 17.2 Å². The molecule has 31 heavy (non-hydrogen) atoms. The molecule has 0 saturated carbocycles. The molecule has 3 aromatic carbocycles. The van der Waals surface area contributed by atoms with Crippen molar-refractivity contribution in [3.8, 4) is 0 Å². The monoisotopic (exact) mass is 436 g/mol. The van der Waals surface area contributed by atoms with Gasteiger partial charge in [-0.3, -0.25) is 4.79 Å². The highest BCUT2D eigenvalue weighted by Gasteiger charge is 2.27. The van der Waals surface area contributed by atoms with E-state index in [1.807, 2.05) is 67.6 Å². The first kappa shape index (κ1) is 22.2. The highest BCUT2D eigenvalue weighted by molar-refractivity contribution is 7.89. The number of hydrogen-bond acceptors (Lipinski definition) is 5. The second kappa shape index (κ2) is 10.0. The molecule has 0 aliphatic heterocycles. The zero-order chi connectivity index (χ0) is 22.3. The first-order chi connectivity index (χ1) is 14.9. The minimum atomic E-state index is -4.10. The van der Waals surface area contributed by atoms with Crippen LogP contribution in [0.2, 0.25) is 0 Å². The fourth-order valence-electron chi connectivity index (χ4n) is 2.91. The van der Waals surface area contributed by atoms with E-state index in [0.717, 1.165) is 21.1 Å². The fourth-order valence-corrected chi connectivity index (χ4v) is 4.10. The molecule has 6 nitrogen and oxygen atoms in total. The van der Waals surface area contributed by atoms with Crippen LogP contribution in [0.1, 0.15) is 23.6 Å². The SMILES string of the molecule is CCOC(=O)CN(N=C(c1ccccc1)c1ccccc1)S(=O)(=O)c1ccc(C)cc1. The van der Waals surface area contributed by atoms with E-state index in [9.17, 15) is 13.2 Å². The maximum Gasteiger partial charge on any atom is 0.328 e. The van der Waals surface area contributed by atoms with Crippen LogP contribution in [0.15, 0.2) is 94.9 Å². The molecule has 0 bridgehead atoms. The van der Waals surface area contributed by atoms with E-state index in [4.69, 9.17) is 4.74 Å². The van der Waals surface area contributed by atoms with Gasteiger partial charge in [-0.2, -0.15) is 17.9 Å². The number of hydrogen-bond donors (Lipinski definition) is 0. The Morgan fingerprint density at radius 3 is 1.87 bits per heavy atom. The molecule has 0 atom stereocenters. The van der Waals surface area contributed by atoms with Crippen LogP contribution in [-0.2, 0) is 19.6 Å². The van der Waals surface area contributed by atoms with E-state index in [-0.39, 0.29) is 11.5 Å². The van der Waals surface area contributed by atoms with Crippen LogP contribution in [0.25, 0.3) is 0 Å². The molecule has 0 unspecified atom stereocenters. The first-order valence-electron chi connectivity index (χ1n) is 9.86. The van der Waals surface area contributed by atoms with Crippen molar-refractivity contribution >= 4 is 21.7 Å². The second-order valence-corrected chi connectivity index (χ2v) is 8.63. The predicted molar refractivity (Wildman–Crippen MR) is 120 cm³/mol. The lowest BCUT2D eigenvalue weighted by atomic mass is 10.0. The van der Waals surface area contributed by atoms with Crippen LogP contribution in [0.5, 0.6) is 0 Å². The Balaban J connectivity index is 2.15. The molecule has 0 aliphatic rings. The molecule has 0 aromatic heterocycles. The summed E-state index contributed by atoms with van der Waals surface area (Å²) in [7, 11) is -4.10. The number of ether oxygens (including phenoxy) is 1. The molecule has 160 valence electrons. The third kappa shape index (κ3) is 5.58. The van der Waals surface area contributed by atoms with Crippen molar-refractivity contribution in [2.75, 3.05) is 13.2 Å². The lowest BCUT2D eigenvalue weighted by Gasteiger charge is -2.20. The van der Waals surface area contributed by atoms with Gasteiger partial charge >= 0.3 is 5.97 Å². The molecule has 0 heterocycles. The number of carbonyl (C=O) groups excluding carboxylic acids is 1. The van der Waals surface area contributed by atoms with Crippen molar-refractivity contribution < 1.29 is 17.9 Å². The van der Waals surface area contributed by atoms with Crippen LogP contribution < -0.4 is 0 Å². The lowest BCUT2D eigenvalue weighted by Crippen LogP contribution is -2.33. The van der Waals surface area contributed by atoms with E-state index >= 15 is 0 Å². The fraction of sp³-hybridized carbons (Fsp3) is 0.167. The van der Waals surface area contributed by atoms with Crippen molar-refractivity contribution in [1.82, 2.24) is 4.41 Å². The molecule has 3 aromatic rings. The zero-order valence-electron chi connectivity index (χ0n) is 17.4. The summed E-state index contributed by atoms with van der Waals surface area (Å²) in [5, 5.41) is 4.47. The summed E-state index contributed by atoms with van der Waals surface area (Å²) >= 11 is 0. The van der Waals surface area contributed by atoms with Gasteiger partial charge in [0.1, 0.15) is 0 Å². The molecule has 0 radical (unpaired) electrons. The van der Waals surface area contributed by atoms with Gasteiger partial charge in [-0.1, -0.05) is 78.4 Å². The van der Waals surface area contributed by atoms with Crippen LogP contribution in [0.3, 0.4) is 0 Å². The van der Waals surface area contributed by atoms with E-state index in [1.165, 1.54) is 12.1 Å². The van der Waals surface area contributed by atoms with Gasteiger partial charge in [0.2, 0.25) is 0 Å². The summed E-state index contributed by atoms with van der Waals surface area (Å²) in [6.07, 6.45) is 0. The van der Waals surface area contributed by atoms with Crippen LogP contribution in [-0.4, -0.2) is 37.7 Å². The van der Waals surface area contributed by atoms with Crippen LogP contribution in [0.4, 0.5) is 0 Å². The molecule has 0 fully saturated rings. The highest BCUT2D eigenvalue weighted by Crippen LogP contribution is 2.20. The molecule has 7 heteroatoms. The van der Waals surface area contributed by atoms with E-state index < -0.39 is 22.5 Å².